The number of allylic oxidation sites excluding steroid dienone is 5. The minimum absolute atomic E-state index is 0.000420. The van der Waals surface area contributed by atoms with Crippen LogP contribution in [-0.2, 0) is 14.3 Å². The third-order valence-corrected chi connectivity index (χ3v) is 14.4. The average molecular weight is 985 g/mol. The van der Waals surface area contributed by atoms with Crippen LogP contribution in [0.15, 0.2) is 36.5 Å². The van der Waals surface area contributed by atoms with Gasteiger partial charge in [0.1, 0.15) is 0 Å². The first-order chi connectivity index (χ1) is 34.5. The quantitative estimate of drug-likeness (QED) is 0.0321. The Morgan fingerprint density at radius 2 is 0.714 bits per heavy atom. The van der Waals surface area contributed by atoms with Crippen molar-refractivity contribution in [2.45, 2.75) is 347 Å². The zero-order valence-electron chi connectivity index (χ0n) is 47.0. The third kappa shape index (κ3) is 55.4. The Morgan fingerprint density at radius 1 is 0.400 bits per heavy atom. The van der Waals surface area contributed by atoms with E-state index in [4.69, 9.17) is 4.74 Å². The van der Waals surface area contributed by atoms with Gasteiger partial charge < -0.3 is 20.3 Å². The van der Waals surface area contributed by atoms with E-state index in [1.165, 1.54) is 257 Å². The lowest BCUT2D eigenvalue weighted by atomic mass is 10.0. The van der Waals surface area contributed by atoms with Crippen LogP contribution in [0.3, 0.4) is 0 Å². The van der Waals surface area contributed by atoms with Crippen molar-refractivity contribution in [3.05, 3.63) is 36.5 Å². The zero-order chi connectivity index (χ0) is 50.7. The molecule has 0 fully saturated rings. The first-order valence-corrected chi connectivity index (χ1v) is 31.3. The lowest BCUT2D eigenvalue weighted by molar-refractivity contribution is -0.143. The van der Waals surface area contributed by atoms with Gasteiger partial charge in [-0.25, -0.2) is 0 Å². The molecule has 0 spiro atoms. The van der Waals surface area contributed by atoms with E-state index in [0.29, 0.717) is 19.4 Å². The van der Waals surface area contributed by atoms with Crippen molar-refractivity contribution in [3.63, 3.8) is 0 Å². The number of ether oxygens (including phenoxy) is 1. The number of nitrogens with one attached hydrogen (secondary N) is 1. The average Bonchev–Trinajstić information content (AvgIpc) is 3.36. The highest BCUT2D eigenvalue weighted by Gasteiger charge is 2.18. The summed E-state index contributed by atoms with van der Waals surface area (Å²) in [7, 11) is 0. The minimum Gasteiger partial charge on any atom is -0.466 e. The summed E-state index contributed by atoms with van der Waals surface area (Å²) in [6.45, 7) is 4.89. The van der Waals surface area contributed by atoms with Gasteiger partial charge in [0.25, 0.3) is 0 Å². The van der Waals surface area contributed by atoms with Gasteiger partial charge in [0.2, 0.25) is 5.91 Å². The van der Waals surface area contributed by atoms with Crippen molar-refractivity contribution in [2.75, 3.05) is 13.2 Å². The molecule has 0 aliphatic carbocycles. The van der Waals surface area contributed by atoms with Crippen molar-refractivity contribution >= 4 is 11.9 Å². The maximum atomic E-state index is 12.5. The summed E-state index contributed by atoms with van der Waals surface area (Å²) in [4.78, 5) is 24.5. The first-order valence-electron chi connectivity index (χ1n) is 31.3. The number of aliphatic hydroxyl groups excluding tert-OH is 2. The summed E-state index contributed by atoms with van der Waals surface area (Å²) in [5.74, 6) is -0.0664. The SMILES string of the molecule is CCCCCC/C=C\C/C=C\CCCCCCCC(=O)OCCCCCCCCCCCCCCCCCCCCCCCCCC(=O)NC(CO)C(O)/C=C/CCCCCCCCCCCCCC. The van der Waals surface area contributed by atoms with Gasteiger partial charge in [-0.3, -0.25) is 9.59 Å². The number of unbranched alkanes of at least 4 members (excludes halogenated alkanes) is 43. The molecule has 0 aromatic heterocycles. The Hall–Kier alpha value is -1.92. The molecule has 0 rings (SSSR count). The van der Waals surface area contributed by atoms with Gasteiger partial charge in [0.15, 0.2) is 0 Å². The lowest BCUT2D eigenvalue weighted by Gasteiger charge is -2.20. The van der Waals surface area contributed by atoms with Crippen LogP contribution < -0.4 is 5.32 Å². The number of carbonyl (C=O) groups excluding carboxylic acids is 2. The number of rotatable bonds is 58. The fourth-order valence-electron chi connectivity index (χ4n) is 9.61. The molecule has 0 saturated heterocycles. The Labute approximate surface area is 436 Å². The minimum atomic E-state index is -0.844. The Balaban J connectivity index is 3.39. The molecular formula is C64H121NO5. The highest BCUT2D eigenvalue weighted by atomic mass is 16.5. The second-order valence-electron chi connectivity index (χ2n) is 21.4. The Morgan fingerprint density at radius 3 is 1.10 bits per heavy atom. The molecule has 0 radical (unpaired) electrons. The molecule has 0 saturated carbocycles. The van der Waals surface area contributed by atoms with Gasteiger partial charge in [-0.05, 0) is 64.2 Å². The van der Waals surface area contributed by atoms with Crippen LogP contribution >= 0.6 is 0 Å². The van der Waals surface area contributed by atoms with Crippen LogP contribution in [0.2, 0.25) is 0 Å². The number of esters is 1. The van der Waals surface area contributed by atoms with Crippen LogP contribution in [0.5, 0.6) is 0 Å². The van der Waals surface area contributed by atoms with Crippen molar-refractivity contribution in [2.24, 2.45) is 0 Å². The second kappa shape index (κ2) is 59.6. The molecule has 70 heavy (non-hydrogen) atoms. The van der Waals surface area contributed by atoms with E-state index in [-0.39, 0.29) is 18.5 Å². The second-order valence-corrected chi connectivity index (χ2v) is 21.4. The van der Waals surface area contributed by atoms with E-state index in [9.17, 15) is 19.8 Å². The molecule has 6 heteroatoms. The van der Waals surface area contributed by atoms with Gasteiger partial charge in [-0.15, -0.1) is 0 Å². The molecule has 1 amide bonds. The molecule has 0 aliphatic heterocycles. The standard InChI is InChI=1S/C64H121NO5/c1-3-5-7-9-11-13-15-17-19-30-34-38-42-46-50-54-58-64(69)70-59-55-51-47-43-39-35-31-28-26-24-22-20-21-23-25-27-29-33-37-41-45-49-53-57-63(68)65-61(60-66)62(67)56-52-48-44-40-36-32-18-16-14-12-10-8-6-4-2/h13,15,19,30,52,56,61-62,66-67H,3-12,14,16-18,20-29,31-51,53-55,57-60H2,1-2H3,(H,65,68)/b15-13-,30-19-,56-52+. The summed E-state index contributed by atoms with van der Waals surface area (Å²) < 4.78 is 5.48. The maximum absolute atomic E-state index is 12.5. The highest BCUT2D eigenvalue weighted by molar-refractivity contribution is 5.76. The molecule has 0 aromatic rings. The van der Waals surface area contributed by atoms with Gasteiger partial charge in [-0.1, -0.05) is 294 Å². The summed E-state index contributed by atoms with van der Waals surface area (Å²) in [5, 5.41) is 23.1. The normalized spacial score (nSPS) is 12.8. The summed E-state index contributed by atoms with van der Waals surface area (Å²) in [6, 6.07) is -0.627. The number of hydrogen-bond donors (Lipinski definition) is 3. The van der Waals surface area contributed by atoms with Gasteiger partial charge >= 0.3 is 5.97 Å². The van der Waals surface area contributed by atoms with Crippen molar-refractivity contribution in [1.29, 1.82) is 0 Å². The van der Waals surface area contributed by atoms with E-state index in [1.807, 2.05) is 6.08 Å². The number of aliphatic hydroxyl groups is 2. The third-order valence-electron chi connectivity index (χ3n) is 14.4. The monoisotopic (exact) mass is 984 g/mol. The molecule has 0 bridgehead atoms. The molecule has 6 nitrogen and oxygen atoms in total. The van der Waals surface area contributed by atoms with Crippen LogP contribution in [0.25, 0.3) is 0 Å². The van der Waals surface area contributed by atoms with E-state index < -0.39 is 12.1 Å². The lowest BCUT2D eigenvalue weighted by Crippen LogP contribution is -2.45. The zero-order valence-corrected chi connectivity index (χ0v) is 47.0. The Bertz CT molecular complexity index is 1130. The fourth-order valence-corrected chi connectivity index (χ4v) is 9.61. The fraction of sp³-hybridized carbons (Fsp3) is 0.875. The highest BCUT2D eigenvalue weighted by Crippen LogP contribution is 2.17. The number of carbonyl (C=O) groups is 2. The van der Waals surface area contributed by atoms with Crippen molar-refractivity contribution < 1.29 is 24.5 Å². The largest absolute Gasteiger partial charge is 0.466 e. The molecule has 3 N–H and O–H groups in total. The molecular weight excluding hydrogens is 863 g/mol. The van der Waals surface area contributed by atoms with E-state index in [1.54, 1.807) is 6.08 Å². The predicted molar refractivity (Wildman–Crippen MR) is 306 cm³/mol. The maximum Gasteiger partial charge on any atom is 0.305 e. The van der Waals surface area contributed by atoms with Crippen LogP contribution in [-0.4, -0.2) is 47.4 Å². The smallest absolute Gasteiger partial charge is 0.305 e. The van der Waals surface area contributed by atoms with Crippen LogP contribution in [0.1, 0.15) is 335 Å². The number of hydrogen-bond acceptors (Lipinski definition) is 5. The molecule has 0 heterocycles. The van der Waals surface area contributed by atoms with Crippen LogP contribution in [0.4, 0.5) is 0 Å². The molecule has 2 unspecified atom stereocenters. The van der Waals surface area contributed by atoms with Gasteiger partial charge in [0, 0.05) is 12.8 Å². The van der Waals surface area contributed by atoms with Gasteiger partial charge in [-0.2, -0.15) is 0 Å². The van der Waals surface area contributed by atoms with E-state index in [0.717, 1.165) is 51.4 Å². The van der Waals surface area contributed by atoms with Crippen molar-refractivity contribution in [3.8, 4) is 0 Å². The van der Waals surface area contributed by atoms with Gasteiger partial charge in [0.05, 0.1) is 25.4 Å². The molecule has 0 aromatic carbocycles. The molecule has 2 atom stereocenters. The summed E-state index contributed by atoms with van der Waals surface area (Å²) in [5.41, 5.74) is 0. The number of amides is 1. The topological polar surface area (TPSA) is 95.9 Å². The van der Waals surface area contributed by atoms with Crippen molar-refractivity contribution in [1.82, 2.24) is 5.32 Å². The first kappa shape index (κ1) is 68.1. The summed E-state index contributed by atoms with van der Waals surface area (Å²) >= 11 is 0. The predicted octanol–water partition coefficient (Wildman–Crippen LogP) is 19.6. The van der Waals surface area contributed by atoms with E-state index >= 15 is 0 Å². The van der Waals surface area contributed by atoms with E-state index in [2.05, 4.69) is 43.5 Å². The van der Waals surface area contributed by atoms with Crippen LogP contribution in [0, 0.1) is 0 Å². The molecule has 0 aliphatic rings. The summed E-state index contributed by atoms with van der Waals surface area (Å²) in [6.07, 6.45) is 74.7. The Kier molecular flexibility index (Phi) is 58.0. The molecule has 412 valence electrons.